The van der Waals surface area contributed by atoms with Crippen molar-refractivity contribution in [3.05, 3.63) is 42.5 Å². The highest BCUT2D eigenvalue weighted by atomic mass is 16.5. The van der Waals surface area contributed by atoms with Crippen LogP contribution in [-0.2, 0) is 4.79 Å². The Morgan fingerprint density at radius 2 is 1.69 bits per heavy atom. The van der Waals surface area contributed by atoms with E-state index in [0.29, 0.717) is 13.1 Å². The molecular formula is C23H33N3O3. The van der Waals surface area contributed by atoms with E-state index in [-0.39, 0.29) is 12.5 Å². The lowest BCUT2D eigenvalue weighted by molar-refractivity contribution is -0.132. The zero-order valence-electron chi connectivity index (χ0n) is 17.6. The molecule has 0 aromatic heterocycles. The van der Waals surface area contributed by atoms with Crippen LogP contribution in [0.25, 0.3) is 10.8 Å². The average Bonchev–Trinajstić information content (AvgIpc) is 2.74. The number of carbonyl (C=O) groups excluding carboxylic acids is 1. The van der Waals surface area contributed by atoms with E-state index in [4.69, 9.17) is 4.74 Å². The van der Waals surface area contributed by atoms with Crippen LogP contribution in [0.3, 0.4) is 0 Å². The van der Waals surface area contributed by atoms with E-state index in [9.17, 15) is 9.90 Å². The van der Waals surface area contributed by atoms with E-state index in [1.54, 1.807) is 0 Å². The quantitative estimate of drug-likeness (QED) is 0.700. The third kappa shape index (κ3) is 6.16. The number of aliphatic hydroxyl groups is 1. The normalized spacial score (nSPS) is 16.7. The van der Waals surface area contributed by atoms with Crippen LogP contribution in [0.1, 0.15) is 13.8 Å². The zero-order chi connectivity index (χ0) is 20.6. The Labute approximate surface area is 173 Å². The molecule has 1 atom stereocenters. The second-order valence-corrected chi connectivity index (χ2v) is 7.62. The number of fused-ring (bicyclic) bond motifs is 1. The van der Waals surface area contributed by atoms with Gasteiger partial charge < -0.3 is 14.7 Å². The maximum absolute atomic E-state index is 12.2. The Balaban J connectivity index is 1.39. The standard InChI is InChI=1S/C23H33N3O3/c1-3-26(4-2)23(28)17-25-13-11-24(12-14-25)16-21(27)18-29-22-10-9-19-7-5-6-8-20(19)15-22/h5-10,15,21,27H,3-4,11-14,16-18H2,1-2H3. The minimum atomic E-state index is -0.537. The molecule has 1 unspecified atom stereocenters. The molecule has 1 saturated heterocycles. The van der Waals surface area contributed by atoms with Gasteiger partial charge in [-0.2, -0.15) is 0 Å². The van der Waals surface area contributed by atoms with Crippen LogP contribution in [0, 0.1) is 0 Å². The van der Waals surface area contributed by atoms with Gasteiger partial charge in [0, 0.05) is 45.8 Å². The average molecular weight is 400 g/mol. The van der Waals surface area contributed by atoms with Crippen LogP contribution in [0.15, 0.2) is 42.5 Å². The molecule has 0 aliphatic carbocycles. The third-order valence-electron chi connectivity index (χ3n) is 5.57. The topological polar surface area (TPSA) is 56.3 Å². The van der Waals surface area contributed by atoms with Gasteiger partial charge in [0.05, 0.1) is 6.54 Å². The summed E-state index contributed by atoms with van der Waals surface area (Å²) in [7, 11) is 0. The lowest BCUT2D eigenvalue weighted by atomic mass is 10.1. The van der Waals surface area contributed by atoms with Crippen molar-refractivity contribution in [1.29, 1.82) is 0 Å². The molecule has 1 amide bonds. The number of hydrogen-bond donors (Lipinski definition) is 1. The van der Waals surface area contributed by atoms with E-state index in [0.717, 1.165) is 50.4 Å². The first-order valence-corrected chi connectivity index (χ1v) is 10.6. The second-order valence-electron chi connectivity index (χ2n) is 7.62. The number of piperazine rings is 1. The van der Waals surface area contributed by atoms with Crippen LogP contribution < -0.4 is 4.74 Å². The molecule has 3 rings (SSSR count). The van der Waals surface area contributed by atoms with Crippen molar-refractivity contribution in [3.63, 3.8) is 0 Å². The number of amides is 1. The third-order valence-corrected chi connectivity index (χ3v) is 5.57. The lowest BCUT2D eigenvalue weighted by Crippen LogP contribution is -2.51. The number of nitrogens with zero attached hydrogens (tertiary/aromatic N) is 3. The smallest absolute Gasteiger partial charge is 0.236 e. The molecule has 6 nitrogen and oxygen atoms in total. The van der Waals surface area contributed by atoms with Gasteiger partial charge in [0.2, 0.25) is 5.91 Å². The zero-order valence-corrected chi connectivity index (χ0v) is 17.6. The summed E-state index contributed by atoms with van der Waals surface area (Å²) in [5.41, 5.74) is 0. The number of rotatable bonds is 9. The molecule has 1 fully saturated rings. The van der Waals surface area contributed by atoms with Crippen molar-refractivity contribution in [1.82, 2.24) is 14.7 Å². The van der Waals surface area contributed by atoms with E-state index >= 15 is 0 Å². The highest BCUT2D eigenvalue weighted by Crippen LogP contribution is 2.20. The summed E-state index contributed by atoms with van der Waals surface area (Å²) in [5.74, 6) is 0.981. The van der Waals surface area contributed by atoms with E-state index in [1.807, 2.05) is 49.1 Å². The van der Waals surface area contributed by atoms with Crippen LogP contribution in [0.5, 0.6) is 5.75 Å². The Hall–Kier alpha value is -2.15. The molecule has 0 bridgehead atoms. The van der Waals surface area contributed by atoms with Crippen molar-refractivity contribution in [2.45, 2.75) is 20.0 Å². The number of hydrogen-bond acceptors (Lipinski definition) is 5. The number of benzene rings is 2. The number of likely N-dealkylation sites (N-methyl/N-ethyl adjacent to an activating group) is 1. The van der Waals surface area contributed by atoms with Gasteiger partial charge >= 0.3 is 0 Å². The molecule has 2 aromatic rings. The molecule has 1 heterocycles. The predicted octanol–water partition coefficient (Wildman–Crippen LogP) is 2.07. The second kappa shape index (κ2) is 10.6. The largest absolute Gasteiger partial charge is 0.491 e. The SMILES string of the molecule is CCN(CC)C(=O)CN1CCN(CC(O)COc2ccc3ccccc3c2)CC1. The van der Waals surface area contributed by atoms with Gasteiger partial charge in [0.15, 0.2) is 0 Å². The van der Waals surface area contributed by atoms with Gasteiger partial charge in [0.25, 0.3) is 0 Å². The fourth-order valence-corrected chi connectivity index (χ4v) is 3.80. The van der Waals surface area contributed by atoms with Crippen molar-refractivity contribution >= 4 is 16.7 Å². The molecular weight excluding hydrogens is 366 g/mol. The van der Waals surface area contributed by atoms with Gasteiger partial charge in [-0.05, 0) is 36.8 Å². The van der Waals surface area contributed by atoms with Crippen molar-refractivity contribution < 1.29 is 14.6 Å². The van der Waals surface area contributed by atoms with Gasteiger partial charge in [0.1, 0.15) is 18.5 Å². The summed E-state index contributed by atoms with van der Waals surface area (Å²) in [4.78, 5) is 18.6. The number of carbonyl (C=O) groups is 1. The molecule has 0 radical (unpaired) electrons. The van der Waals surface area contributed by atoms with Crippen molar-refractivity contribution in [2.75, 3.05) is 59.0 Å². The molecule has 1 N–H and O–H groups in total. The fourth-order valence-electron chi connectivity index (χ4n) is 3.80. The van der Waals surface area contributed by atoms with Gasteiger partial charge in [-0.25, -0.2) is 0 Å². The van der Waals surface area contributed by atoms with Crippen molar-refractivity contribution in [3.8, 4) is 5.75 Å². The van der Waals surface area contributed by atoms with E-state index in [2.05, 4.69) is 21.9 Å². The lowest BCUT2D eigenvalue weighted by Gasteiger charge is -2.36. The van der Waals surface area contributed by atoms with Crippen LogP contribution in [0.2, 0.25) is 0 Å². The summed E-state index contributed by atoms with van der Waals surface area (Å²) >= 11 is 0. The van der Waals surface area contributed by atoms with Gasteiger partial charge in [-0.3, -0.25) is 14.6 Å². The molecule has 1 aliphatic rings. The maximum Gasteiger partial charge on any atom is 0.236 e. The first-order valence-electron chi connectivity index (χ1n) is 10.6. The number of ether oxygens (including phenoxy) is 1. The predicted molar refractivity (Wildman–Crippen MR) is 116 cm³/mol. The Kier molecular flexibility index (Phi) is 7.86. The highest BCUT2D eigenvalue weighted by molar-refractivity contribution is 5.83. The van der Waals surface area contributed by atoms with Gasteiger partial charge in [-0.15, -0.1) is 0 Å². The summed E-state index contributed by atoms with van der Waals surface area (Å²) in [6, 6.07) is 14.2. The summed E-state index contributed by atoms with van der Waals surface area (Å²) in [6.45, 7) is 10.3. The van der Waals surface area contributed by atoms with Crippen molar-refractivity contribution in [2.24, 2.45) is 0 Å². The minimum absolute atomic E-state index is 0.201. The molecule has 1 aliphatic heterocycles. The molecule has 6 heteroatoms. The van der Waals surface area contributed by atoms with E-state index in [1.165, 1.54) is 5.39 Å². The first-order chi connectivity index (χ1) is 14.1. The Morgan fingerprint density at radius 3 is 2.38 bits per heavy atom. The first kappa shape index (κ1) is 21.6. The number of aliphatic hydroxyl groups excluding tert-OH is 1. The monoisotopic (exact) mass is 399 g/mol. The molecule has 0 spiro atoms. The molecule has 29 heavy (non-hydrogen) atoms. The number of β-amino-alcohol motifs (C(OH)–C–C–N with tert-alkyl or cyclic N) is 1. The Bertz CT molecular complexity index is 786. The Morgan fingerprint density at radius 1 is 1.03 bits per heavy atom. The van der Waals surface area contributed by atoms with E-state index < -0.39 is 6.10 Å². The fraction of sp³-hybridized carbons (Fsp3) is 0.522. The van der Waals surface area contributed by atoms with Gasteiger partial charge in [-0.1, -0.05) is 30.3 Å². The minimum Gasteiger partial charge on any atom is -0.491 e. The maximum atomic E-state index is 12.2. The van der Waals surface area contributed by atoms with Crippen LogP contribution in [0.4, 0.5) is 0 Å². The molecule has 158 valence electrons. The van der Waals surface area contributed by atoms with Crippen LogP contribution >= 0.6 is 0 Å². The summed E-state index contributed by atoms with van der Waals surface area (Å²) in [5, 5.41) is 12.7. The molecule has 0 saturated carbocycles. The van der Waals surface area contributed by atoms with Crippen LogP contribution in [-0.4, -0.2) is 90.8 Å². The molecule has 2 aromatic carbocycles. The summed E-state index contributed by atoms with van der Waals surface area (Å²) in [6.07, 6.45) is -0.537. The summed E-state index contributed by atoms with van der Waals surface area (Å²) < 4.78 is 5.80. The highest BCUT2D eigenvalue weighted by Gasteiger charge is 2.22.